The van der Waals surface area contributed by atoms with Crippen LogP contribution in [0.3, 0.4) is 0 Å². The second-order valence-corrected chi connectivity index (χ2v) is 3.67. The lowest BCUT2D eigenvalue weighted by Crippen LogP contribution is -2.29. The molecule has 0 aromatic heterocycles. The first-order valence-corrected chi connectivity index (χ1v) is 5.27. The molecule has 0 saturated carbocycles. The third-order valence-corrected chi connectivity index (χ3v) is 2.13. The molecule has 1 unspecified atom stereocenters. The van der Waals surface area contributed by atoms with Crippen LogP contribution >= 0.6 is 12.4 Å². The van der Waals surface area contributed by atoms with Crippen molar-refractivity contribution in [2.24, 2.45) is 5.73 Å². The number of aliphatic carboxylic acids is 1. The van der Waals surface area contributed by atoms with Crippen LogP contribution < -0.4 is 5.73 Å². The average molecular weight is 260 g/mol. The minimum absolute atomic E-state index is 0. The second kappa shape index (κ2) is 8.98. The van der Waals surface area contributed by atoms with E-state index in [-0.39, 0.29) is 31.5 Å². The fourth-order valence-electron chi connectivity index (χ4n) is 1.37. The van der Waals surface area contributed by atoms with Crippen molar-refractivity contribution >= 4 is 18.4 Å². The number of ether oxygens (including phenoxy) is 1. The molecule has 0 aliphatic carbocycles. The molecule has 5 heteroatoms. The van der Waals surface area contributed by atoms with Crippen LogP contribution in [-0.2, 0) is 16.0 Å². The highest BCUT2D eigenvalue weighted by atomic mass is 35.5. The van der Waals surface area contributed by atoms with Gasteiger partial charge in [0, 0.05) is 6.04 Å². The number of carboxylic acid groups (broad SMARTS) is 1. The molecule has 3 N–H and O–H groups in total. The van der Waals surface area contributed by atoms with Crippen molar-refractivity contribution < 1.29 is 14.6 Å². The highest BCUT2D eigenvalue weighted by Gasteiger charge is 2.04. The maximum absolute atomic E-state index is 10.2. The van der Waals surface area contributed by atoms with Crippen molar-refractivity contribution in [3.8, 4) is 0 Å². The molecule has 0 heterocycles. The second-order valence-electron chi connectivity index (χ2n) is 3.67. The number of carbonyl (C=O) groups is 1. The predicted octanol–water partition coefficient (Wildman–Crippen LogP) is 1.47. The van der Waals surface area contributed by atoms with Crippen LogP contribution in [0.5, 0.6) is 0 Å². The van der Waals surface area contributed by atoms with Gasteiger partial charge in [0.2, 0.25) is 0 Å². The van der Waals surface area contributed by atoms with Gasteiger partial charge in [-0.3, -0.25) is 4.79 Å². The summed E-state index contributed by atoms with van der Waals surface area (Å²) in [5.41, 5.74) is 7.01. The molecule has 0 spiro atoms. The standard InChI is InChI=1S/C12H17NO3.ClH/c13-11(9-16-7-6-12(14)15)8-10-4-2-1-3-5-10;/h1-5,11H,6-9,13H2,(H,14,15);1H. The fraction of sp³-hybridized carbons (Fsp3) is 0.417. The third-order valence-electron chi connectivity index (χ3n) is 2.13. The number of hydrogen-bond donors (Lipinski definition) is 2. The van der Waals surface area contributed by atoms with Crippen LogP contribution in [0.15, 0.2) is 30.3 Å². The Balaban J connectivity index is 0.00000256. The van der Waals surface area contributed by atoms with Gasteiger partial charge in [-0.2, -0.15) is 0 Å². The molecule has 1 rings (SSSR count). The summed E-state index contributed by atoms with van der Waals surface area (Å²) in [6.45, 7) is 0.611. The van der Waals surface area contributed by atoms with Crippen LogP contribution in [0.2, 0.25) is 0 Å². The quantitative estimate of drug-likeness (QED) is 0.728. The van der Waals surface area contributed by atoms with E-state index < -0.39 is 5.97 Å². The first-order valence-electron chi connectivity index (χ1n) is 5.27. The minimum Gasteiger partial charge on any atom is -0.481 e. The molecule has 1 atom stereocenters. The normalized spacial score (nSPS) is 11.6. The number of halogens is 1. The van der Waals surface area contributed by atoms with Gasteiger partial charge in [-0.15, -0.1) is 12.4 Å². The van der Waals surface area contributed by atoms with Crippen molar-refractivity contribution in [1.29, 1.82) is 0 Å². The van der Waals surface area contributed by atoms with Gasteiger partial charge in [0.05, 0.1) is 19.6 Å². The Kier molecular flexibility index (Phi) is 8.40. The molecule has 4 nitrogen and oxygen atoms in total. The van der Waals surface area contributed by atoms with E-state index in [2.05, 4.69) is 0 Å². The molecule has 0 saturated heterocycles. The molecule has 0 radical (unpaired) electrons. The number of rotatable bonds is 7. The lowest BCUT2D eigenvalue weighted by Gasteiger charge is -2.11. The maximum atomic E-state index is 10.2. The van der Waals surface area contributed by atoms with Gasteiger partial charge < -0.3 is 15.6 Å². The number of benzene rings is 1. The molecular formula is C12H18ClNO3. The lowest BCUT2D eigenvalue weighted by molar-refractivity contribution is -0.138. The highest BCUT2D eigenvalue weighted by molar-refractivity contribution is 5.85. The van der Waals surface area contributed by atoms with Crippen LogP contribution in [0.4, 0.5) is 0 Å². The number of hydrogen-bond acceptors (Lipinski definition) is 3. The fourth-order valence-corrected chi connectivity index (χ4v) is 1.37. The van der Waals surface area contributed by atoms with E-state index in [1.54, 1.807) is 0 Å². The first kappa shape index (κ1) is 15.9. The summed E-state index contributed by atoms with van der Waals surface area (Å²) in [4.78, 5) is 10.2. The van der Waals surface area contributed by atoms with Crippen molar-refractivity contribution in [1.82, 2.24) is 0 Å². The van der Waals surface area contributed by atoms with Gasteiger partial charge in [-0.1, -0.05) is 30.3 Å². The molecule has 1 aromatic rings. The summed E-state index contributed by atoms with van der Waals surface area (Å²) in [5, 5.41) is 8.40. The zero-order chi connectivity index (χ0) is 11.8. The van der Waals surface area contributed by atoms with Crippen LogP contribution in [0.25, 0.3) is 0 Å². The lowest BCUT2D eigenvalue weighted by atomic mass is 10.1. The Morgan fingerprint density at radius 1 is 1.35 bits per heavy atom. The first-order chi connectivity index (χ1) is 7.68. The maximum Gasteiger partial charge on any atom is 0.305 e. The summed E-state index contributed by atoms with van der Waals surface area (Å²) < 4.78 is 5.17. The Labute approximate surface area is 107 Å². The Morgan fingerprint density at radius 3 is 2.59 bits per heavy atom. The average Bonchev–Trinajstić information content (AvgIpc) is 2.25. The van der Waals surface area contributed by atoms with E-state index in [4.69, 9.17) is 15.6 Å². The minimum atomic E-state index is -0.850. The van der Waals surface area contributed by atoms with E-state index in [1.165, 1.54) is 0 Å². The van der Waals surface area contributed by atoms with Crippen LogP contribution in [0.1, 0.15) is 12.0 Å². The zero-order valence-electron chi connectivity index (χ0n) is 9.54. The van der Waals surface area contributed by atoms with Crippen LogP contribution in [-0.4, -0.2) is 30.3 Å². The number of nitrogens with two attached hydrogens (primary N) is 1. The summed E-state index contributed by atoms with van der Waals surface area (Å²) >= 11 is 0. The van der Waals surface area contributed by atoms with Gasteiger partial charge in [0.1, 0.15) is 0 Å². The van der Waals surface area contributed by atoms with E-state index in [0.29, 0.717) is 6.61 Å². The smallest absolute Gasteiger partial charge is 0.305 e. The topological polar surface area (TPSA) is 72.5 Å². The largest absolute Gasteiger partial charge is 0.481 e. The Morgan fingerprint density at radius 2 is 2.00 bits per heavy atom. The Bertz CT molecular complexity index is 319. The molecule has 0 amide bonds. The van der Waals surface area contributed by atoms with E-state index in [1.807, 2.05) is 30.3 Å². The van der Waals surface area contributed by atoms with Gasteiger partial charge in [-0.05, 0) is 12.0 Å². The van der Waals surface area contributed by atoms with E-state index >= 15 is 0 Å². The van der Waals surface area contributed by atoms with Crippen LogP contribution in [0, 0.1) is 0 Å². The summed E-state index contributed by atoms with van der Waals surface area (Å²) in [5.74, 6) is -0.850. The SMILES string of the molecule is Cl.NC(COCCC(=O)O)Cc1ccccc1. The molecule has 1 aromatic carbocycles. The highest BCUT2D eigenvalue weighted by Crippen LogP contribution is 2.02. The van der Waals surface area contributed by atoms with Crippen molar-refractivity contribution in [3.63, 3.8) is 0 Å². The molecular weight excluding hydrogens is 242 g/mol. The third kappa shape index (κ3) is 7.74. The molecule has 0 aliphatic heterocycles. The van der Waals surface area contributed by atoms with Crippen molar-refractivity contribution in [3.05, 3.63) is 35.9 Å². The van der Waals surface area contributed by atoms with E-state index in [0.717, 1.165) is 12.0 Å². The summed E-state index contributed by atoms with van der Waals surface area (Å²) in [6.07, 6.45) is 0.770. The summed E-state index contributed by atoms with van der Waals surface area (Å²) in [7, 11) is 0. The van der Waals surface area contributed by atoms with Gasteiger partial charge >= 0.3 is 5.97 Å². The van der Waals surface area contributed by atoms with Gasteiger partial charge in [0.15, 0.2) is 0 Å². The molecule has 0 aliphatic rings. The summed E-state index contributed by atoms with van der Waals surface area (Å²) in [6, 6.07) is 9.82. The predicted molar refractivity (Wildman–Crippen MR) is 68.4 cm³/mol. The zero-order valence-corrected chi connectivity index (χ0v) is 10.4. The van der Waals surface area contributed by atoms with E-state index in [9.17, 15) is 4.79 Å². The van der Waals surface area contributed by atoms with Crippen molar-refractivity contribution in [2.75, 3.05) is 13.2 Å². The molecule has 0 bridgehead atoms. The molecule has 0 fully saturated rings. The monoisotopic (exact) mass is 259 g/mol. The number of carboxylic acids is 1. The Hall–Kier alpha value is -1.10. The van der Waals surface area contributed by atoms with Gasteiger partial charge in [0.25, 0.3) is 0 Å². The molecule has 96 valence electrons. The van der Waals surface area contributed by atoms with Crippen molar-refractivity contribution in [2.45, 2.75) is 18.9 Å². The van der Waals surface area contributed by atoms with Gasteiger partial charge in [-0.25, -0.2) is 0 Å². The molecule has 17 heavy (non-hydrogen) atoms.